The molecule has 1 aromatic heterocycles. The van der Waals surface area contributed by atoms with Gasteiger partial charge in [0.15, 0.2) is 0 Å². The molecule has 0 radical (unpaired) electrons. The summed E-state index contributed by atoms with van der Waals surface area (Å²) in [5.41, 5.74) is 12.1. The second-order valence-corrected chi connectivity index (χ2v) is 13.9. The number of piperazine rings is 1. The second-order valence-electron chi connectivity index (χ2n) is 13.9. The van der Waals surface area contributed by atoms with Gasteiger partial charge in [0.2, 0.25) is 5.43 Å². The van der Waals surface area contributed by atoms with E-state index in [1.807, 2.05) is 13.8 Å². The first-order chi connectivity index (χ1) is 27.1. The quantitative estimate of drug-likeness (QED) is 0.0453. The maximum Gasteiger partial charge on any atom is 0.410 e. The van der Waals surface area contributed by atoms with Crippen molar-refractivity contribution in [2.75, 3.05) is 42.9 Å². The van der Waals surface area contributed by atoms with E-state index in [9.17, 15) is 34.2 Å². The van der Waals surface area contributed by atoms with Gasteiger partial charge in [0.25, 0.3) is 5.91 Å². The molecule has 0 bridgehead atoms. The van der Waals surface area contributed by atoms with Crippen LogP contribution in [-0.4, -0.2) is 107 Å². The Labute approximate surface area is 329 Å². The molecule has 1 aliphatic heterocycles. The molecule has 0 saturated carbocycles. The number of aryl methyl sites for hydroxylation is 1. The SMILES string of the molecule is CCn1cc(C(=O)O)c(=O)c2cc(F)c(N3CCN(C(=O)OCc4ccc(NC(=O)C(/C=C/CCNC(N)=O)N=CC(N)C(NC(C)O)C(C)C)cc4)CC3)cc21. The molecule has 18 heteroatoms. The summed E-state index contributed by atoms with van der Waals surface area (Å²) in [7, 11) is 0. The van der Waals surface area contributed by atoms with E-state index in [1.165, 1.54) is 23.4 Å². The Morgan fingerprint density at radius 2 is 1.75 bits per heavy atom. The molecule has 4 amide bonds. The van der Waals surface area contributed by atoms with Crippen LogP contribution in [0, 0.1) is 11.7 Å². The van der Waals surface area contributed by atoms with Gasteiger partial charge >= 0.3 is 18.1 Å². The summed E-state index contributed by atoms with van der Waals surface area (Å²) in [6.45, 7) is 8.97. The van der Waals surface area contributed by atoms with Crippen LogP contribution in [0.4, 0.5) is 25.4 Å². The van der Waals surface area contributed by atoms with Gasteiger partial charge in [-0.3, -0.25) is 19.9 Å². The third kappa shape index (κ3) is 12.1. The number of hydrogen-bond acceptors (Lipinski definition) is 11. The van der Waals surface area contributed by atoms with Gasteiger partial charge in [0.05, 0.1) is 17.2 Å². The summed E-state index contributed by atoms with van der Waals surface area (Å²) in [6.07, 6.45) is 5.07. The average Bonchev–Trinajstić information content (AvgIpc) is 3.17. The number of urea groups is 1. The van der Waals surface area contributed by atoms with Crippen LogP contribution >= 0.6 is 0 Å². The molecule has 4 unspecified atom stereocenters. The lowest BCUT2D eigenvalue weighted by Gasteiger charge is -2.35. The largest absolute Gasteiger partial charge is 0.477 e. The van der Waals surface area contributed by atoms with Gasteiger partial charge < -0.3 is 51.4 Å². The minimum atomic E-state index is -1.38. The van der Waals surface area contributed by atoms with Gasteiger partial charge in [0.1, 0.15) is 30.3 Å². The Morgan fingerprint density at radius 3 is 2.35 bits per heavy atom. The summed E-state index contributed by atoms with van der Waals surface area (Å²) >= 11 is 0. The number of aliphatic imine (C=N–C) groups is 1. The number of nitrogens with zero attached hydrogens (tertiary/aromatic N) is 4. The molecule has 2 aromatic carbocycles. The normalized spacial score (nSPS) is 15.5. The molecule has 0 aliphatic carbocycles. The first-order valence-electron chi connectivity index (χ1n) is 18.7. The number of aromatic nitrogens is 1. The number of fused-ring (bicyclic) bond motifs is 1. The number of carboxylic acid groups (broad SMARTS) is 1. The summed E-state index contributed by atoms with van der Waals surface area (Å²) in [5, 5.41) is 27.5. The number of ether oxygens (including phenoxy) is 1. The van der Waals surface area contributed by atoms with Crippen molar-refractivity contribution in [3.63, 3.8) is 0 Å². The van der Waals surface area contributed by atoms with Crippen molar-refractivity contribution in [3.8, 4) is 0 Å². The minimum absolute atomic E-state index is 0.0202. The van der Waals surface area contributed by atoms with Gasteiger partial charge in [-0.2, -0.15) is 0 Å². The predicted molar refractivity (Wildman–Crippen MR) is 215 cm³/mol. The van der Waals surface area contributed by atoms with Gasteiger partial charge in [-0.1, -0.05) is 38.1 Å². The lowest BCUT2D eigenvalue weighted by molar-refractivity contribution is -0.116. The lowest BCUT2D eigenvalue weighted by Crippen LogP contribution is -2.52. The molecule has 4 atom stereocenters. The van der Waals surface area contributed by atoms with E-state index in [0.717, 1.165) is 6.07 Å². The topological polar surface area (TPSA) is 247 Å². The van der Waals surface area contributed by atoms with Crippen LogP contribution in [-0.2, 0) is 22.7 Å². The molecule has 2 heterocycles. The van der Waals surface area contributed by atoms with Gasteiger partial charge in [-0.15, -0.1) is 0 Å². The number of aliphatic hydroxyl groups excluding tert-OH is 1. The van der Waals surface area contributed by atoms with Gasteiger partial charge in [-0.05, 0) is 56.0 Å². The third-order valence-corrected chi connectivity index (χ3v) is 9.36. The van der Waals surface area contributed by atoms with Crippen molar-refractivity contribution in [1.82, 2.24) is 20.1 Å². The molecule has 17 nitrogen and oxygen atoms in total. The summed E-state index contributed by atoms with van der Waals surface area (Å²) in [5.74, 6) is -2.44. The molecule has 308 valence electrons. The highest BCUT2D eigenvalue weighted by atomic mass is 19.1. The summed E-state index contributed by atoms with van der Waals surface area (Å²) in [4.78, 5) is 69.3. The van der Waals surface area contributed by atoms with E-state index < -0.39 is 59.1 Å². The highest BCUT2D eigenvalue weighted by molar-refractivity contribution is 5.97. The van der Waals surface area contributed by atoms with Crippen LogP contribution in [0.3, 0.4) is 0 Å². The smallest absolute Gasteiger partial charge is 0.410 e. The molecule has 3 aromatic rings. The van der Waals surface area contributed by atoms with Crippen molar-refractivity contribution >= 4 is 52.5 Å². The zero-order valence-corrected chi connectivity index (χ0v) is 32.5. The number of carboxylic acids is 1. The number of anilines is 2. The zero-order chi connectivity index (χ0) is 41.8. The van der Waals surface area contributed by atoms with E-state index in [-0.39, 0.29) is 49.3 Å². The number of rotatable bonds is 17. The number of hydrogen-bond donors (Lipinski definition) is 7. The van der Waals surface area contributed by atoms with Crippen molar-refractivity contribution < 1.29 is 38.5 Å². The van der Waals surface area contributed by atoms with Gasteiger partial charge in [0, 0.05) is 68.8 Å². The Hall–Kier alpha value is -5.85. The first kappa shape index (κ1) is 43.9. The number of pyridine rings is 1. The van der Waals surface area contributed by atoms with Crippen LogP contribution in [0.25, 0.3) is 10.9 Å². The Morgan fingerprint density at radius 1 is 1.07 bits per heavy atom. The van der Waals surface area contributed by atoms with Gasteiger partial charge in [-0.25, -0.2) is 18.8 Å². The van der Waals surface area contributed by atoms with E-state index in [1.54, 1.807) is 59.7 Å². The highest BCUT2D eigenvalue weighted by Gasteiger charge is 2.26. The number of aliphatic hydroxyl groups is 1. The van der Waals surface area contributed by atoms with Crippen LogP contribution in [0.5, 0.6) is 0 Å². The molecule has 1 fully saturated rings. The predicted octanol–water partition coefficient (Wildman–Crippen LogP) is 2.59. The summed E-state index contributed by atoms with van der Waals surface area (Å²) < 4.78 is 22.4. The van der Waals surface area contributed by atoms with E-state index in [2.05, 4.69) is 20.9 Å². The monoisotopic (exact) mass is 793 g/mol. The maximum atomic E-state index is 15.3. The highest BCUT2D eigenvalue weighted by Crippen LogP contribution is 2.27. The van der Waals surface area contributed by atoms with Crippen molar-refractivity contribution in [1.29, 1.82) is 0 Å². The van der Waals surface area contributed by atoms with Crippen molar-refractivity contribution in [3.05, 3.63) is 81.9 Å². The van der Waals surface area contributed by atoms with Crippen molar-refractivity contribution in [2.45, 2.75) is 71.6 Å². The lowest BCUT2D eigenvalue weighted by atomic mass is 9.97. The fraction of sp³-hybridized carbons (Fsp3) is 0.436. The van der Waals surface area contributed by atoms with Crippen LogP contribution < -0.4 is 37.7 Å². The number of aromatic carboxylic acids is 1. The molecule has 57 heavy (non-hydrogen) atoms. The third-order valence-electron chi connectivity index (χ3n) is 9.36. The average molecular weight is 794 g/mol. The maximum absolute atomic E-state index is 15.3. The number of carbonyl (C=O) groups excluding carboxylic acids is 3. The Bertz CT molecular complexity index is 2010. The fourth-order valence-corrected chi connectivity index (χ4v) is 6.34. The number of primary amides is 1. The number of amides is 4. The Kier molecular flexibility index (Phi) is 15.7. The fourth-order valence-electron chi connectivity index (χ4n) is 6.34. The van der Waals surface area contributed by atoms with Crippen LogP contribution in [0.2, 0.25) is 0 Å². The second kappa shape index (κ2) is 20.4. The van der Waals surface area contributed by atoms with E-state index in [4.69, 9.17) is 16.2 Å². The zero-order valence-electron chi connectivity index (χ0n) is 32.5. The molecule has 0 spiro atoms. The molecular weight excluding hydrogens is 741 g/mol. The summed E-state index contributed by atoms with van der Waals surface area (Å²) in [6, 6.07) is 6.78. The molecule has 9 N–H and O–H groups in total. The van der Waals surface area contributed by atoms with Crippen molar-refractivity contribution in [2.24, 2.45) is 22.4 Å². The standard InChI is InChI=1S/C39H52FN9O8/c1-5-47-21-28(37(53)54)35(51)27-18-29(40)33(19-32(27)47)48-14-16-49(17-15-48)39(56)57-22-25-9-11-26(12-10-25)46-36(52)31(8-6-7-13-43-38(42)55)44-20-30(41)34(23(2)3)45-24(4)50/h6,8-12,18-21,23-24,30-31,34,45,50H,5,7,13-17,22,41H2,1-4H3,(H,46,52)(H,53,54)(H3,42,43,55)/b8-6+,44-20?. The van der Waals surface area contributed by atoms with Crippen LogP contribution in [0.15, 0.2) is 64.5 Å². The number of halogens is 1. The molecule has 1 saturated heterocycles. The molecule has 4 rings (SSSR count). The number of nitrogens with one attached hydrogen (secondary N) is 3. The number of nitrogens with two attached hydrogens (primary N) is 2. The first-order valence-corrected chi connectivity index (χ1v) is 18.7. The molecular formula is C39H52FN9O8. The number of benzene rings is 2. The number of carbonyl (C=O) groups is 4. The van der Waals surface area contributed by atoms with Crippen LogP contribution in [0.1, 0.15) is 50.0 Å². The Balaban J connectivity index is 1.34. The van der Waals surface area contributed by atoms with E-state index in [0.29, 0.717) is 42.8 Å². The minimum Gasteiger partial charge on any atom is -0.477 e. The molecule has 1 aliphatic rings. The van der Waals surface area contributed by atoms with E-state index >= 15 is 4.39 Å².